The predicted molar refractivity (Wildman–Crippen MR) is 127 cm³/mol. The van der Waals surface area contributed by atoms with Crippen LogP contribution in [-0.4, -0.2) is 33.0 Å². The van der Waals surface area contributed by atoms with E-state index in [1.54, 1.807) is 41.0 Å². The standard InChI is InChI=1S/C21H16ClN3O4S3/c1-11-9-12(7-8-13(11)22)24-18-17(32-21(24)30)19(28)25(20(23-18)31-10-16(26)27)14-5-3-4-6-15(14)29-2/h3-9H,10H2,1-2H3,(H,26,27)/p-1. The normalized spacial score (nSPS) is 11.1. The molecule has 0 saturated carbocycles. The average molecular weight is 505 g/mol. The minimum absolute atomic E-state index is 0.184. The Hall–Kier alpha value is -2.66. The molecule has 0 radical (unpaired) electrons. The van der Waals surface area contributed by atoms with Crippen molar-refractivity contribution in [3.05, 3.63) is 67.4 Å². The number of rotatable bonds is 6. The van der Waals surface area contributed by atoms with Crippen LogP contribution in [0.1, 0.15) is 5.56 Å². The number of hydrogen-bond donors (Lipinski definition) is 0. The molecule has 4 rings (SSSR count). The lowest BCUT2D eigenvalue weighted by molar-refractivity contribution is -0.301. The van der Waals surface area contributed by atoms with E-state index in [4.69, 9.17) is 28.6 Å². The molecule has 0 N–H and O–H groups in total. The maximum atomic E-state index is 13.6. The van der Waals surface area contributed by atoms with Gasteiger partial charge in [0.1, 0.15) is 10.4 Å². The molecule has 0 aliphatic carbocycles. The van der Waals surface area contributed by atoms with Crippen LogP contribution < -0.4 is 15.4 Å². The third-order valence-electron chi connectivity index (χ3n) is 4.62. The number of ether oxygens (including phenoxy) is 1. The fourth-order valence-corrected chi connectivity index (χ4v) is 5.31. The third kappa shape index (κ3) is 4.06. The summed E-state index contributed by atoms with van der Waals surface area (Å²) in [5.74, 6) is -1.20. The van der Waals surface area contributed by atoms with Gasteiger partial charge in [0.25, 0.3) is 5.56 Å². The van der Waals surface area contributed by atoms with Gasteiger partial charge in [-0.15, -0.1) is 0 Å². The SMILES string of the molecule is COc1ccccc1-n1c(SCC(=O)[O-])nc2c(sc(=S)n2-c2ccc(Cl)c(C)c2)c1=O. The lowest BCUT2D eigenvalue weighted by Crippen LogP contribution is -2.26. The van der Waals surface area contributed by atoms with Crippen molar-refractivity contribution in [1.29, 1.82) is 0 Å². The summed E-state index contributed by atoms with van der Waals surface area (Å²) in [6.07, 6.45) is 0. The number of nitrogens with zero attached hydrogens (tertiary/aromatic N) is 3. The van der Waals surface area contributed by atoms with Crippen LogP contribution in [0.3, 0.4) is 0 Å². The zero-order valence-corrected chi connectivity index (χ0v) is 20.0. The fraction of sp³-hybridized carbons (Fsp3) is 0.143. The number of thioether (sulfide) groups is 1. The lowest BCUT2D eigenvalue weighted by atomic mass is 10.2. The highest BCUT2D eigenvalue weighted by Crippen LogP contribution is 2.30. The van der Waals surface area contributed by atoms with Crippen molar-refractivity contribution in [3.8, 4) is 17.1 Å². The molecule has 0 aliphatic rings. The van der Waals surface area contributed by atoms with Crippen molar-refractivity contribution in [2.45, 2.75) is 12.1 Å². The molecule has 0 atom stereocenters. The molecule has 0 unspecified atom stereocenters. The number of thiazole rings is 1. The van der Waals surface area contributed by atoms with Gasteiger partial charge in [-0.25, -0.2) is 4.98 Å². The van der Waals surface area contributed by atoms with Crippen LogP contribution >= 0.6 is 46.9 Å². The van der Waals surface area contributed by atoms with Crippen LogP contribution in [0.4, 0.5) is 0 Å². The fourth-order valence-electron chi connectivity index (χ4n) is 3.18. The number of aryl methyl sites for hydroxylation is 1. The van der Waals surface area contributed by atoms with Gasteiger partial charge in [0.15, 0.2) is 14.8 Å². The first-order valence-electron chi connectivity index (χ1n) is 9.23. The van der Waals surface area contributed by atoms with Gasteiger partial charge in [0, 0.05) is 16.5 Å². The van der Waals surface area contributed by atoms with E-state index in [1.165, 1.54) is 11.7 Å². The first-order valence-corrected chi connectivity index (χ1v) is 11.8. The molecular formula is C21H15ClN3O4S3-. The van der Waals surface area contributed by atoms with E-state index in [9.17, 15) is 14.7 Å². The van der Waals surface area contributed by atoms with Crippen molar-refractivity contribution in [2.75, 3.05) is 12.9 Å². The molecule has 0 bridgehead atoms. The van der Waals surface area contributed by atoms with Crippen molar-refractivity contribution >= 4 is 63.2 Å². The molecule has 32 heavy (non-hydrogen) atoms. The largest absolute Gasteiger partial charge is 0.549 e. The van der Waals surface area contributed by atoms with E-state index < -0.39 is 5.97 Å². The highest BCUT2D eigenvalue weighted by Gasteiger charge is 2.21. The number of methoxy groups -OCH3 is 1. The molecule has 0 saturated heterocycles. The minimum Gasteiger partial charge on any atom is -0.549 e. The molecule has 0 fully saturated rings. The zero-order chi connectivity index (χ0) is 23.0. The van der Waals surface area contributed by atoms with E-state index in [-0.39, 0.29) is 16.5 Å². The lowest BCUT2D eigenvalue weighted by Gasteiger charge is -2.15. The van der Waals surface area contributed by atoms with Gasteiger partial charge in [-0.05, 0) is 55.0 Å². The van der Waals surface area contributed by atoms with Crippen LogP contribution in [-0.2, 0) is 4.79 Å². The number of carboxylic acids is 1. The Morgan fingerprint density at radius 3 is 2.72 bits per heavy atom. The maximum Gasteiger partial charge on any atom is 0.278 e. The molecule has 2 heterocycles. The summed E-state index contributed by atoms with van der Waals surface area (Å²) in [6, 6.07) is 12.3. The smallest absolute Gasteiger partial charge is 0.278 e. The number of carbonyl (C=O) groups excluding carboxylic acids is 1. The van der Waals surface area contributed by atoms with Gasteiger partial charge in [0.2, 0.25) is 0 Å². The Labute approximate surface area is 200 Å². The van der Waals surface area contributed by atoms with Gasteiger partial charge in [-0.2, -0.15) is 0 Å². The molecule has 0 amide bonds. The Bertz CT molecular complexity index is 1480. The molecule has 0 spiro atoms. The van der Waals surface area contributed by atoms with Gasteiger partial charge in [-0.1, -0.05) is 46.8 Å². The Kier molecular flexibility index (Phi) is 6.38. The van der Waals surface area contributed by atoms with Gasteiger partial charge < -0.3 is 14.6 Å². The van der Waals surface area contributed by atoms with Crippen molar-refractivity contribution in [2.24, 2.45) is 0 Å². The van der Waals surface area contributed by atoms with Crippen molar-refractivity contribution < 1.29 is 14.6 Å². The number of carbonyl (C=O) groups is 1. The first kappa shape index (κ1) is 22.5. The van der Waals surface area contributed by atoms with Crippen LogP contribution in [0.2, 0.25) is 5.02 Å². The van der Waals surface area contributed by atoms with E-state index in [0.717, 1.165) is 28.7 Å². The molecule has 0 aliphatic heterocycles. The predicted octanol–water partition coefficient (Wildman–Crippen LogP) is 3.78. The molecule has 11 heteroatoms. The molecule has 2 aromatic heterocycles. The minimum atomic E-state index is -1.27. The number of carboxylic acid groups (broad SMARTS) is 1. The van der Waals surface area contributed by atoms with Gasteiger partial charge >= 0.3 is 0 Å². The number of halogens is 1. The Morgan fingerprint density at radius 2 is 2.03 bits per heavy atom. The number of aromatic nitrogens is 3. The van der Waals surface area contributed by atoms with Gasteiger partial charge in [0.05, 0.1) is 18.8 Å². The van der Waals surface area contributed by atoms with Crippen molar-refractivity contribution in [1.82, 2.24) is 14.1 Å². The Morgan fingerprint density at radius 1 is 1.28 bits per heavy atom. The van der Waals surface area contributed by atoms with Crippen LogP contribution in [0.25, 0.3) is 21.7 Å². The molecular weight excluding hydrogens is 490 g/mol. The first-order chi connectivity index (χ1) is 15.3. The van der Waals surface area contributed by atoms with E-state index in [0.29, 0.717) is 36.4 Å². The second kappa shape index (κ2) is 9.07. The van der Waals surface area contributed by atoms with Gasteiger partial charge in [-0.3, -0.25) is 13.9 Å². The topological polar surface area (TPSA) is 89.2 Å². The van der Waals surface area contributed by atoms with Crippen LogP contribution in [0, 0.1) is 10.9 Å². The average Bonchev–Trinajstić information content (AvgIpc) is 3.10. The van der Waals surface area contributed by atoms with E-state index >= 15 is 0 Å². The summed E-state index contributed by atoms with van der Waals surface area (Å²) in [7, 11) is 1.49. The summed E-state index contributed by atoms with van der Waals surface area (Å²) >= 11 is 13.7. The highest BCUT2D eigenvalue weighted by atomic mass is 35.5. The van der Waals surface area contributed by atoms with Crippen LogP contribution in [0.5, 0.6) is 5.75 Å². The summed E-state index contributed by atoms with van der Waals surface area (Å²) in [6.45, 7) is 1.87. The van der Waals surface area contributed by atoms with Crippen molar-refractivity contribution in [3.63, 3.8) is 0 Å². The van der Waals surface area contributed by atoms with E-state index in [1.807, 2.05) is 13.0 Å². The summed E-state index contributed by atoms with van der Waals surface area (Å²) in [5, 5.41) is 11.9. The summed E-state index contributed by atoms with van der Waals surface area (Å²) in [5.41, 5.74) is 1.98. The number of benzene rings is 2. The molecule has 2 aromatic carbocycles. The number of fused-ring (bicyclic) bond motifs is 1. The summed E-state index contributed by atoms with van der Waals surface area (Å²) in [4.78, 5) is 29.4. The third-order valence-corrected chi connectivity index (χ3v) is 7.31. The monoisotopic (exact) mass is 504 g/mol. The number of aliphatic carboxylic acids is 1. The molecule has 4 aromatic rings. The molecule has 164 valence electrons. The quantitative estimate of drug-likeness (QED) is 0.224. The summed E-state index contributed by atoms with van der Waals surface area (Å²) < 4.78 is 9.21. The second-order valence-corrected chi connectivity index (χ2v) is 9.65. The number of para-hydroxylation sites is 2. The highest BCUT2D eigenvalue weighted by molar-refractivity contribution is 7.99. The van der Waals surface area contributed by atoms with Crippen LogP contribution in [0.15, 0.2) is 52.4 Å². The number of hydrogen-bond acceptors (Lipinski definition) is 8. The molecule has 7 nitrogen and oxygen atoms in total. The van der Waals surface area contributed by atoms with E-state index in [2.05, 4.69) is 4.98 Å². The Balaban J connectivity index is 2.05. The zero-order valence-electron chi connectivity index (χ0n) is 16.8. The maximum absolute atomic E-state index is 13.6. The second-order valence-electron chi connectivity index (χ2n) is 6.66.